The van der Waals surface area contributed by atoms with E-state index in [0.717, 1.165) is 16.7 Å². The first kappa shape index (κ1) is 16.9. The van der Waals surface area contributed by atoms with E-state index in [9.17, 15) is 18.3 Å². The van der Waals surface area contributed by atoms with Gasteiger partial charge in [0.2, 0.25) is 0 Å². The first-order valence-electron chi connectivity index (χ1n) is 8.25. The largest absolute Gasteiger partial charge is 0.508 e. The van der Waals surface area contributed by atoms with Crippen molar-refractivity contribution in [1.29, 1.82) is 0 Å². The van der Waals surface area contributed by atoms with E-state index in [1.54, 1.807) is 12.1 Å². The highest BCUT2D eigenvalue weighted by Crippen LogP contribution is 2.50. The third-order valence-corrected chi connectivity index (χ3v) is 5.29. The zero-order valence-corrected chi connectivity index (χ0v) is 13.6. The third kappa shape index (κ3) is 3.14. The maximum atomic E-state index is 13.1. The Kier molecular flexibility index (Phi) is 4.33. The summed E-state index contributed by atoms with van der Waals surface area (Å²) in [7, 11) is 0. The van der Waals surface area contributed by atoms with Crippen LogP contribution in [-0.4, -0.2) is 11.3 Å². The van der Waals surface area contributed by atoms with Gasteiger partial charge in [-0.25, -0.2) is 0 Å². The van der Waals surface area contributed by atoms with Gasteiger partial charge in [-0.3, -0.25) is 0 Å². The number of alkyl halides is 3. The van der Waals surface area contributed by atoms with Crippen LogP contribution in [0.3, 0.4) is 0 Å². The summed E-state index contributed by atoms with van der Waals surface area (Å²) < 4.78 is 39.2. The Morgan fingerprint density at radius 3 is 2.12 bits per heavy atom. The molecule has 0 spiro atoms. The Morgan fingerprint density at radius 1 is 0.958 bits per heavy atom. The van der Waals surface area contributed by atoms with Crippen molar-refractivity contribution in [2.75, 3.05) is 0 Å². The maximum absolute atomic E-state index is 13.1. The van der Waals surface area contributed by atoms with Crippen molar-refractivity contribution in [2.45, 2.75) is 44.2 Å². The van der Waals surface area contributed by atoms with E-state index in [0.29, 0.717) is 12.8 Å². The van der Waals surface area contributed by atoms with Crippen LogP contribution in [0, 0.1) is 12.8 Å². The number of phenols is 1. The normalized spacial score (nSPS) is 24.8. The quantitative estimate of drug-likeness (QED) is 0.742. The highest BCUT2D eigenvalue weighted by atomic mass is 19.4. The van der Waals surface area contributed by atoms with Crippen LogP contribution in [0.4, 0.5) is 13.2 Å². The third-order valence-electron chi connectivity index (χ3n) is 5.29. The van der Waals surface area contributed by atoms with Gasteiger partial charge in [0.15, 0.2) is 0 Å². The molecule has 1 nitrogen and oxygen atoms in total. The number of aromatic hydroxyl groups is 1. The van der Waals surface area contributed by atoms with Gasteiger partial charge in [-0.05, 0) is 55.9 Å². The summed E-state index contributed by atoms with van der Waals surface area (Å²) in [6, 6.07) is 14.9. The van der Waals surface area contributed by atoms with E-state index in [4.69, 9.17) is 0 Å². The molecule has 0 aromatic heterocycles. The molecule has 2 aromatic rings. The van der Waals surface area contributed by atoms with Crippen LogP contribution in [0.1, 0.15) is 42.4 Å². The summed E-state index contributed by atoms with van der Waals surface area (Å²) in [5.41, 5.74) is 2.73. The van der Waals surface area contributed by atoms with Crippen LogP contribution < -0.4 is 0 Å². The van der Waals surface area contributed by atoms with E-state index in [2.05, 4.69) is 6.07 Å². The molecule has 128 valence electrons. The predicted octanol–water partition coefficient (Wildman–Crippen LogP) is 5.74. The van der Waals surface area contributed by atoms with Crippen molar-refractivity contribution in [3.8, 4) is 5.75 Å². The fraction of sp³-hybridized carbons (Fsp3) is 0.400. The molecular formula is C20H21F3O. The molecule has 1 aliphatic rings. The van der Waals surface area contributed by atoms with E-state index < -0.39 is 17.5 Å². The highest BCUT2D eigenvalue weighted by Gasteiger charge is 2.47. The second-order valence-corrected chi connectivity index (χ2v) is 6.81. The molecule has 24 heavy (non-hydrogen) atoms. The lowest BCUT2D eigenvalue weighted by molar-refractivity contribution is -0.184. The van der Waals surface area contributed by atoms with Crippen molar-refractivity contribution >= 4 is 0 Å². The number of phenolic OH excluding ortho intramolecular Hbond substituents is 1. The summed E-state index contributed by atoms with van der Waals surface area (Å²) in [6.07, 6.45) is -2.92. The molecule has 0 radical (unpaired) electrons. The molecule has 2 aromatic carbocycles. The summed E-state index contributed by atoms with van der Waals surface area (Å²) in [4.78, 5) is 0. The second-order valence-electron chi connectivity index (χ2n) is 6.81. The number of benzene rings is 2. The lowest BCUT2D eigenvalue weighted by Gasteiger charge is -2.42. The lowest BCUT2D eigenvalue weighted by atomic mass is 9.63. The molecule has 0 saturated heterocycles. The Hall–Kier alpha value is -1.97. The number of hydrogen-bond acceptors (Lipinski definition) is 1. The minimum atomic E-state index is -4.12. The number of halogens is 3. The van der Waals surface area contributed by atoms with Crippen LogP contribution in [0.25, 0.3) is 0 Å². The zero-order valence-electron chi connectivity index (χ0n) is 13.6. The van der Waals surface area contributed by atoms with E-state index in [1.165, 1.54) is 0 Å². The summed E-state index contributed by atoms with van der Waals surface area (Å²) in [5, 5.41) is 9.55. The van der Waals surface area contributed by atoms with Gasteiger partial charge in [0.1, 0.15) is 5.75 Å². The van der Waals surface area contributed by atoms with Gasteiger partial charge in [-0.2, -0.15) is 13.2 Å². The molecule has 1 saturated carbocycles. The Labute approximate surface area is 140 Å². The van der Waals surface area contributed by atoms with Crippen LogP contribution in [0.2, 0.25) is 0 Å². The van der Waals surface area contributed by atoms with Crippen molar-refractivity contribution < 1.29 is 18.3 Å². The predicted molar refractivity (Wildman–Crippen MR) is 88.1 cm³/mol. The van der Waals surface area contributed by atoms with Gasteiger partial charge in [0, 0.05) is 5.41 Å². The zero-order chi connectivity index (χ0) is 17.4. The molecule has 0 bridgehead atoms. The second kappa shape index (κ2) is 6.15. The number of hydrogen-bond donors (Lipinski definition) is 1. The molecule has 0 heterocycles. The van der Waals surface area contributed by atoms with E-state index in [1.807, 2.05) is 37.3 Å². The average molecular weight is 334 g/mol. The SMILES string of the molecule is Cc1cccc([C@]2(c3ccc(O)cc3)CC[C@@H](C(F)(F)F)CC2)c1. The van der Waals surface area contributed by atoms with Crippen molar-refractivity contribution in [1.82, 2.24) is 0 Å². The highest BCUT2D eigenvalue weighted by molar-refractivity contribution is 5.43. The molecule has 0 amide bonds. The summed E-state index contributed by atoms with van der Waals surface area (Å²) in [5.74, 6) is -1.05. The topological polar surface area (TPSA) is 20.2 Å². The number of aryl methyl sites for hydroxylation is 1. The Morgan fingerprint density at radius 2 is 1.58 bits per heavy atom. The van der Waals surface area contributed by atoms with Crippen LogP contribution in [0.15, 0.2) is 48.5 Å². The molecule has 1 fully saturated rings. The fourth-order valence-electron chi connectivity index (χ4n) is 3.91. The van der Waals surface area contributed by atoms with Crippen LogP contribution in [0.5, 0.6) is 5.75 Å². The summed E-state index contributed by atoms with van der Waals surface area (Å²) >= 11 is 0. The molecule has 0 aliphatic heterocycles. The standard InChI is InChI=1S/C20H21F3O/c1-14-3-2-4-17(13-14)19(15-5-7-18(24)8-6-15)11-9-16(10-12-19)20(21,22)23/h2-8,13,16,24H,9-12H2,1H3/t16-,19-. The number of rotatable bonds is 2. The first-order chi connectivity index (χ1) is 11.3. The minimum absolute atomic E-state index is 0.137. The van der Waals surface area contributed by atoms with Crippen molar-refractivity contribution in [3.63, 3.8) is 0 Å². The molecule has 0 atom stereocenters. The van der Waals surface area contributed by atoms with E-state index >= 15 is 0 Å². The average Bonchev–Trinajstić information content (AvgIpc) is 2.55. The van der Waals surface area contributed by atoms with Crippen molar-refractivity contribution in [3.05, 3.63) is 65.2 Å². The minimum Gasteiger partial charge on any atom is -0.508 e. The Bertz CT molecular complexity index is 696. The maximum Gasteiger partial charge on any atom is 0.391 e. The van der Waals surface area contributed by atoms with Gasteiger partial charge in [0.25, 0.3) is 0 Å². The Balaban J connectivity index is 2.02. The van der Waals surface area contributed by atoms with Crippen LogP contribution in [-0.2, 0) is 5.41 Å². The first-order valence-corrected chi connectivity index (χ1v) is 8.25. The molecular weight excluding hydrogens is 313 g/mol. The molecule has 0 unspecified atom stereocenters. The molecule has 3 rings (SSSR count). The molecule has 1 N–H and O–H groups in total. The van der Waals surface area contributed by atoms with Crippen LogP contribution >= 0.6 is 0 Å². The fourth-order valence-corrected chi connectivity index (χ4v) is 3.91. The smallest absolute Gasteiger partial charge is 0.391 e. The monoisotopic (exact) mass is 334 g/mol. The lowest BCUT2D eigenvalue weighted by Crippen LogP contribution is -2.37. The molecule has 1 aliphatic carbocycles. The van der Waals surface area contributed by atoms with Gasteiger partial charge >= 0.3 is 6.18 Å². The molecule has 4 heteroatoms. The van der Waals surface area contributed by atoms with Gasteiger partial charge in [-0.1, -0.05) is 42.0 Å². The van der Waals surface area contributed by atoms with E-state index in [-0.39, 0.29) is 18.6 Å². The van der Waals surface area contributed by atoms with Gasteiger partial charge in [0.05, 0.1) is 5.92 Å². The van der Waals surface area contributed by atoms with Crippen molar-refractivity contribution in [2.24, 2.45) is 5.92 Å². The van der Waals surface area contributed by atoms with Gasteiger partial charge in [-0.15, -0.1) is 0 Å². The summed E-state index contributed by atoms with van der Waals surface area (Å²) in [6.45, 7) is 2.00. The van der Waals surface area contributed by atoms with Gasteiger partial charge < -0.3 is 5.11 Å².